The molecular weight excluding hydrogens is 1670 g/mol. The molecule has 5 heterocycles. The topological polar surface area (TPSA) is 343 Å². The Hall–Kier alpha value is -6.38. The van der Waals surface area contributed by atoms with Crippen molar-refractivity contribution in [3.8, 4) is 47.0 Å². The van der Waals surface area contributed by atoms with E-state index in [1.807, 2.05) is 140 Å². The Kier molecular flexibility index (Phi) is 32.3. The van der Waals surface area contributed by atoms with Gasteiger partial charge in [0.1, 0.15) is 18.4 Å². The van der Waals surface area contributed by atoms with Crippen molar-refractivity contribution in [1.82, 2.24) is 48.8 Å². The Labute approximate surface area is 697 Å². The first kappa shape index (κ1) is 80.9. The van der Waals surface area contributed by atoms with Gasteiger partial charge in [0.05, 0.1) is 117 Å². The van der Waals surface area contributed by atoms with Gasteiger partial charge >= 0.3 is 107 Å². The van der Waals surface area contributed by atoms with Crippen molar-refractivity contribution in [2.75, 3.05) is 49.2 Å². The Bertz CT molecular complexity index is 4550. The van der Waals surface area contributed by atoms with Crippen molar-refractivity contribution in [2.45, 2.75) is 20.6 Å². The van der Waals surface area contributed by atoms with Crippen LogP contribution in [0.15, 0.2) is 209 Å². The first-order valence-electron chi connectivity index (χ1n) is 28.9. The SMILES string of the molecule is C1CNCCN1.N#Cc1ccc(-n2c(Br)cnc2SCC(=O)O)c2ccccc12.N#Cc1ccc(-n2c(Br)cnc2SCC(=O)O)c2ccccc12.N#Cc1ccc(-n2c(Br)cnc2SCC(=O)O)c2ccccc12.N#Cc1ccc(-n2c(Br)cnc2SCC(=O)[O-])c2ccccc12.[Ca+2].[H-].[H-].[K+]. The average molecular weight is 1720 g/mol. The number of carbonyl (C=O) groups excluding carboxylic acids is 1. The fourth-order valence-corrected chi connectivity index (χ4v) is 15.1. The number of nitrogens with one attached hydrogen (secondary N) is 2. The van der Waals surface area contributed by atoms with Gasteiger partial charge < -0.3 is 38.7 Å². The third-order valence-electron chi connectivity index (χ3n) is 14.0. The zero-order chi connectivity index (χ0) is 69.8. The van der Waals surface area contributed by atoms with Gasteiger partial charge in [-0.05, 0) is 112 Å². The summed E-state index contributed by atoms with van der Waals surface area (Å²) in [5.41, 5.74) is 5.74. The summed E-state index contributed by atoms with van der Waals surface area (Å²) in [5.74, 6) is -4.24. The fraction of sp³-hybridized carbons (Fsp3) is 0.118. The zero-order valence-electron chi connectivity index (χ0n) is 54.4. The van der Waals surface area contributed by atoms with E-state index in [1.54, 1.807) is 49.1 Å². The van der Waals surface area contributed by atoms with Crippen LogP contribution in [0.25, 0.3) is 65.8 Å². The number of carbonyl (C=O) groups is 4. The monoisotopic (exact) mass is 1710 g/mol. The summed E-state index contributed by atoms with van der Waals surface area (Å²) >= 11 is 18.3. The van der Waals surface area contributed by atoms with Crippen LogP contribution < -0.4 is 67.1 Å². The average Bonchev–Trinajstić information content (AvgIpc) is 1.60. The molecule has 496 valence electrons. The molecule has 0 amide bonds. The van der Waals surface area contributed by atoms with Crippen molar-refractivity contribution in [1.29, 1.82) is 21.0 Å². The molecule has 1 aliphatic heterocycles. The molecule has 12 aromatic rings. The van der Waals surface area contributed by atoms with Crippen molar-refractivity contribution < 1.29 is 93.8 Å². The minimum atomic E-state index is -1.15. The van der Waals surface area contributed by atoms with Crippen molar-refractivity contribution in [3.63, 3.8) is 0 Å². The maximum absolute atomic E-state index is 10.8. The second-order valence-corrected chi connectivity index (χ2v) is 27.2. The van der Waals surface area contributed by atoms with E-state index in [-0.39, 0.29) is 115 Å². The number of hydrogen-bond donors (Lipinski definition) is 5. The van der Waals surface area contributed by atoms with Crippen LogP contribution in [-0.4, -0.2) is 164 Å². The molecule has 22 nitrogen and oxygen atoms in total. The number of piperazine rings is 1. The predicted octanol–water partition coefficient (Wildman–Crippen LogP) is 10.0. The summed E-state index contributed by atoms with van der Waals surface area (Å²) in [6, 6.07) is 53.6. The molecule has 0 spiro atoms. The number of carboxylic acid groups (broad SMARTS) is 4. The van der Waals surface area contributed by atoms with E-state index in [1.165, 1.54) is 0 Å². The standard InChI is InChI=1S/4C16H10BrN3O2S.C4H10N2.Ca.K.2H/c4*17-14-8-19-16(23-9-15(21)22)20(14)13-6-5-10(7-18)11-3-1-2-4-12(11)13;1-2-6-4-3-5-1;;;;/h4*1-6,8H,9H2,(H,21,22);5-6H,1-4H2;;;;/q;;;;;+2;+1;2*-1/p-1. The van der Waals surface area contributed by atoms with Crippen molar-refractivity contribution in [2.24, 2.45) is 0 Å². The fourth-order valence-electron chi connectivity index (χ4n) is 9.95. The molecule has 1 fully saturated rings. The van der Waals surface area contributed by atoms with Crippen LogP contribution in [0.3, 0.4) is 0 Å². The van der Waals surface area contributed by atoms with Crippen molar-refractivity contribution in [3.05, 3.63) is 211 Å². The summed E-state index contributed by atoms with van der Waals surface area (Å²) < 4.78 is 10.2. The molecule has 4 aromatic heterocycles. The van der Waals surface area contributed by atoms with E-state index in [4.69, 9.17) is 15.3 Å². The van der Waals surface area contributed by atoms with Crippen LogP contribution in [-0.2, 0) is 19.2 Å². The molecule has 1 aliphatic rings. The minimum Gasteiger partial charge on any atom is -1.00 e. The Morgan fingerprint density at radius 3 is 0.800 bits per heavy atom. The molecule has 0 atom stereocenters. The number of hydrogen-bond acceptors (Lipinski definition) is 19. The zero-order valence-corrected chi connectivity index (χ0v) is 67.4. The number of imidazole rings is 4. The summed E-state index contributed by atoms with van der Waals surface area (Å²) in [6.07, 6.45) is 6.52. The number of fused-ring (bicyclic) bond motifs is 4. The van der Waals surface area contributed by atoms with Crippen LogP contribution in [0.5, 0.6) is 0 Å². The van der Waals surface area contributed by atoms with Crippen molar-refractivity contribution >= 4 is 215 Å². The Balaban J connectivity index is 0.000000235. The third-order valence-corrected chi connectivity index (χ3v) is 20.0. The van der Waals surface area contributed by atoms with Gasteiger partial charge in [-0.15, -0.1) is 0 Å². The smallest absolute Gasteiger partial charge is 1.00 e. The molecule has 0 aliphatic carbocycles. The minimum absolute atomic E-state index is 0. The van der Waals surface area contributed by atoms with Crippen LogP contribution in [0.2, 0.25) is 0 Å². The van der Waals surface area contributed by atoms with E-state index >= 15 is 0 Å². The maximum Gasteiger partial charge on any atom is 2.00 e. The molecule has 0 bridgehead atoms. The van der Waals surface area contributed by atoms with Gasteiger partial charge in [0.25, 0.3) is 0 Å². The number of nitriles is 4. The number of benzene rings is 8. The molecule has 1 saturated heterocycles. The number of carboxylic acids is 4. The number of thioether (sulfide) groups is 4. The summed E-state index contributed by atoms with van der Waals surface area (Å²) in [7, 11) is 0. The van der Waals surface area contributed by atoms with Gasteiger partial charge in [-0.25, -0.2) is 19.9 Å². The van der Waals surface area contributed by atoms with Crippen LogP contribution in [0.1, 0.15) is 25.1 Å². The second-order valence-electron chi connectivity index (χ2n) is 20.2. The summed E-state index contributed by atoms with van der Waals surface area (Å²) in [6.45, 7) is 4.56. The van der Waals surface area contributed by atoms with Gasteiger partial charge in [0.2, 0.25) is 0 Å². The second kappa shape index (κ2) is 39.9. The van der Waals surface area contributed by atoms with Gasteiger partial charge in [0.15, 0.2) is 20.6 Å². The molecule has 5 N–H and O–H groups in total. The quantitative estimate of drug-likeness (QED) is 0.0443. The Morgan fingerprint density at radius 1 is 0.400 bits per heavy atom. The molecule has 0 radical (unpaired) electrons. The number of nitrogens with zero attached hydrogens (tertiary/aromatic N) is 12. The van der Waals surface area contributed by atoms with E-state index in [2.05, 4.69) is 119 Å². The maximum atomic E-state index is 10.8. The summed E-state index contributed by atoms with van der Waals surface area (Å²) in [5, 5.41) is 90.1. The molecule has 100 heavy (non-hydrogen) atoms. The number of aliphatic carboxylic acids is 4. The normalized spacial score (nSPS) is 11.2. The van der Waals surface area contributed by atoms with E-state index in [0.29, 0.717) is 47.5 Å². The van der Waals surface area contributed by atoms with Gasteiger partial charge in [-0.1, -0.05) is 144 Å². The van der Waals surface area contributed by atoms with Gasteiger partial charge in [-0.3, -0.25) is 32.7 Å². The first-order chi connectivity index (χ1) is 47.5. The number of aromatic nitrogens is 8. The number of halogens is 4. The van der Waals surface area contributed by atoms with E-state index in [0.717, 1.165) is 153 Å². The molecule has 0 unspecified atom stereocenters. The molecule has 0 saturated carbocycles. The third kappa shape index (κ3) is 20.5. The van der Waals surface area contributed by atoms with Crippen LogP contribution >= 0.6 is 111 Å². The Morgan fingerprint density at radius 2 is 0.610 bits per heavy atom. The molecule has 13 rings (SSSR count). The molecule has 32 heteroatoms. The van der Waals surface area contributed by atoms with Crippen LogP contribution in [0.4, 0.5) is 0 Å². The number of rotatable bonds is 16. The van der Waals surface area contributed by atoms with E-state index in [9.17, 15) is 45.3 Å². The van der Waals surface area contributed by atoms with Gasteiger partial charge in [-0.2, -0.15) is 21.0 Å². The largest absolute Gasteiger partial charge is 2.00 e. The van der Waals surface area contributed by atoms with Crippen LogP contribution in [0, 0.1) is 45.3 Å². The van der Waals surface area contributed by atoms with E-state index < -0.39 is 23.9 Å². The summed E-state index contributed by atoms with van der Waals surface area (Å²) in [4.78, 5) is 60.2. The molecular formula is C68H51Br4CaKN14O8S4. The first-order valence-corrected chi connectivity index (χ1v) is 36.0. The predicted molar refractivity (Wildman–Crippen MR) is 398 cm³/mol. The molecule has 8 aromatic carbocycles. The van der Waals surface area contributed by atoms with Gasteiger partial charge in [0, 0.05) is 75.0 Å².